The normalized spacial score (nSPS) is 11.4. The van der Waals surface area contributed by atoms with Crippen molar-refractivity contribution in [3.05, 3.63) is 200 Å². The Balaban J connectivity index is 1.19. The standard InChI is InChI=1S/C48H33NO/c1-3-13-34(14-4-1)36-25-29-39(30-26-36)49(40-31-27-37(28-32-40)35-15-5-2-6-16-35)41-18-11-17-38(33-41)42-21-12-22-44-43-19-7-9-23-46(43)50-47-24-10-8-20-45(47)48(42)44/h1-33H. The van der Waals surface area contributed by atoms with Gasteiger partial charge in [-0.2, -0.15) is 0 Å². The van der Waals surface area contributed by atoms with Crippen LogP contribution in [-0.2, 0) is 0 Å². The first-order chi connectivity index (χ1) is 24.8. The Bertz CT molecular complexity index is 2350. The second-order valence-electron chi connectivity index (χ2n) is 12.5. The van der Waals surface area contributed by atoms with Gasteiger partial charge in [-0.1, -0.05) is 152 Å². The highest BCUT2D eigenvalue weighted by Gasteiger charge is 2.24. The Morgan fingerprint density at radius 1 is 0.280 bits per heavy atom. The summed E-state index contributed by atoms with van der Waals surface area (Å²) in [6.45, 7) is 0. The second kappa shape index (κ2) is 12.8. The first-order valence-corrected chi connectivity index (χ1v) is 17.0. The molecule has 0 unspecified atom stereocenters. The van der Waals surface area contributed by atoms with E-state index < -0.39 is 0 Å². The maximum atomic E-state index is 6.53. The summed E-state index contributed by atoms with van der Waals surface area (Å²) in [6, 6.07) is 71.0. The third kappa shape index (κ3) is 5.43. The Morgan fingerprint density at radius 2 is 0.720 bits per heavy atom. The van der Waals surface area contributed by atoms with Crippen molar-refractivity contribution >= 4 is 17.1 Å². The number of ether oxygens (including phenoxy) is 1. The molecule has 0 bridgehead atoms. The molecule has 0 amide bonds. The van der Waals surface area contributed by atoms with E-state index in [0.717, 1.165) is 50.8 Å². The molecule has 0 spiro atoms. The third-order valence-electron chi connectivity index (χ3n) is 9.50. The van der Waals surface area contributed by atoms with Crippen LogP contribution < -0.4 is 9.64 Å². The highest BCUT2D eigenvalue weighted by molar-refractivity contribution is 5.99. The summed E-state index contributed by atoms with van der Waals surface area (Å²) in [7, 11) is 0. The number of hydrogen-bond donors (Lipinski definition) is 0. The topological polar surface area (TPSA) is 12.5 Å². The zero-order valence-corrected chi connectivity index (χ0v) is 27.4. The van der Waals surface area contributed by atoms with E-state index in [0.29, 0.717) is 0 Å². The Kier molecular flexibility index (Phi) is 7.53. The quantitative estimate of drug-likeness (QED) is 0.179. The van der Waals surface area contributed by atoms with Crippen molar-refractivity contribution < 1.29 is 4.74 Å². The Labute approximate surface area is 293 Å². The molecule has 0 fully saturated rings. The van der Waals surface area contributed by atoms with Crippen LogP contribution in [0.4, 0.5) is 17.1 Å². The van der Waals surface area contributed by atoms with Crippen molar-refractivity contribution in [2.45, 2.75) is 0 Å². The van der Waals surface area contributed by atoms with Crippen molar-refractivity contribution in [3.8, 4) is 67.1 Å². The number of para-hydroxylation sites is 2. The molecule has 8 aromatic rings. The van der Waals surface area contributed by atoms with Gasteiger partial charge in [0.25, 0.3) is 0 Å². The zero-order valence-electron chi connectivity index (χ0n) is 27.4. The second-order valence-corrected chi connectivity index (χ2v) is 12.5. The fourth-order valence-corrected chi connectivity index (χ4v) is 7.09. The van der Waals surface area contributed by atoms with E-state index in [1.54, 1.807) is 0 Å². The first kappa shape index (κ1) is 29.5. The van der Waals surface area contributed by atoms with Gasteiger partial charge in [-0.05, 0) is 87.5 Å². The minimum atomic E-state index is 0.862. The molecule has 50 heavy (non-hydrogen) atoms. The number of anilines is 3. The molecule has 2 heteroatoms. The maximum Gasteiger partial charge on any atom is 0.135 e. The molecule has 9 rings (SSSR count). The van der Waals surface area contributed by atoms with Crippen LogP contribution in [0.25, 0.3) is 55.6 Å². The van der Waals surface area contributed by atoms with Crippen LogP contribution in [0.1, 0.15) is 0 Å². The van der Waals surface area contributed by atoms with Crippen molar-refractivity contribution in [2.75, 3.05) is 4.90 Å². The highest BCUT2D eigenvalue weighted by Crippen LogP contribution is 2.50. The van der Waals surface area contributed by atoms with Crippen molar-refractivity contribution in [3.63, 3.8) is 0 Å². The smallest absolute Gasteiger partial charge is 0.135 e. The molecule has 0 radical (unpaired) electrons. The van der Waals surface area contributed by atoms with Crippen LogP contribution in [0.15, 0.2) is 200 Å². The molecule has 0 N–H and O–H groups in total. The SMILES string of the molecule is c1ccc(-c2ccc(N(c3ccc(-c4ccccc4)cc3)c3cccc(-c4cccc5c4-c4ccccc4Oc4ccccc4-5)c3)cc2)cc1. The van der Waals surface area contributed by atoms with Crippen LogP contribution >= 0.6 is 0 Å². The lowest BCUT2D eigenvalue weighted by atomic mass is 9.87. The van der Waals surface area contributed by atoms with E-state index in [2.05, 4.69) is 193 Å². The summed E-state index contributed by atoms with van der Waals surface area (Å²) in [5, 5.41) is 0. The molecular weight excluding hydrogens is 607 g/mol. The van der Waals surface area contributed by atoms with Crippen molar-refractivity contribution in [1.82, 2.24) is 0 Å². The van der Waals surface area contributed by atoms with Crippen LogP contribution in [-0.4, -0.2) is 0 Å². The van der Waals surface area contributed by atoms with Gasteiger partial charge >= 0.3 is 0 Å². The summed E-state index contributed by atoms with van der Waals surface area (Å²) in [6.07, 6.45) is 0. The summed E-state index contributed by atoms with van der Waals surface area (Å²) in [5.74, 6) is 1.73. The molecule has 0 atom stereocenters. The van der Waals surface area contributed by atoms with Gasteiger partial charge in [-0.15, -0.1) is 0 Å². The number of rotatable bonds is 6. The van der Waals surface area contributed by atoms with Gasteiger partial charge in [0, 0.05) is 33.8 Å². The van der Waals surface area contributed by atoms with Gasteiger partial charge in [0.15, 0.2) is 0 Å². The molecule has 8 aromatic carbocycles. The van der Waals surface area contributed by atoms with Gasteiger partial charge in [0.1, 0.15) is 11.5 Å². The minimum absolute atomic E-state index is 0.862. The Hall–Kier alpha value is -6.64. The summed E-state index contributed by atoms with van der Waals surface area (Å²) < 4.78 is 6.53. The fraction of sp³-hybridized carbons (Fsp3) is 0. The van der Waals surface area contributed by atoms with E-state index >= 15 is 0 Å². The number of hydrogen-bond acceptors (Lipinski definition) is 2. The van der Waals surface area contributed by atoms with Gasteiger partial charge in [-0.3, -0.25) is 0 Å². The predicted octanol–water partition coefficient (Wildman–Crippen LogP) is 13.6. The maximum absolute atomic E-state index is 6.53. The van der Waals surface area contributed by atoms with Gasteiger partial charge in [0.05, 0.1) is 0 Å². The molecule has 0 saturated heterocycles. The van der Waals surface area contributed by atoms with Crippen LogP contribution in [0, 0.1) is 0 Å². The zero-order chi connectivity index (χ0) is 33.3. The molecule has 236 valence electrons. The van der Waals surface area contributed by atoms with Gasteiger partial charge < -0.3 is 9.64 Å². The predicted molar refractivity (Wildman–Crippen MR) is 208 cm³/mol. The summed E-state index contributed by atoms with van der Waals surface area (Å²) >= 11 is 0. The minimum Gasteiger partial charge on any atom is -0.456 e. The molecule has 2 nitrogen and oxygen atoms in total. The largest absolute Gasteiger partial charge is 0.456 e. The molecule has 1 aliphatic rings. The molecule has 1 aliphatic heterocycles. The molecular formula is C48H33NO. The van der Waals surface area contributed by atoms with Crippen LogP contribution in [0.5, 0.6) is 11.5 Å². The van der Waals surface area contributed by atoms with E-state index in [4.69, 9.17) is 4.74 Å². The fourth-order valence-electron chi connectivity index (χ4n) is 7.09. The monoisotopic (exact) mass is 639 g/mol. The number of benzene rings is 8. The van der Waals surface area contributed by atoms with Gasteiger partial charge in [0.2, 0.25) is 0 Å². The first-order valence-electron chi connectivity index (χ1n) is 17.0. The lowest BCUT2D eigenvalue weighted by molar-refractivity contribution is 0.488. The average molecular weight is 640 g/mol. The highest BCUT2D eigenvalue weighted by atomic mass is 16.5. The molecule has 0 saturated carbocycles. The average Bonchev–Trinajstić information content (AvgIpc) is 3.34. The van der Waals surface area contributed by atoms with Gasteiger partial charge in [-0.25, -0.2) is 0 Å². The Morgan fingerprint density at radius 3 is 1.34 bits per heavy atom. The summed E-state index contributed by atoms with van der Waals surface area (Å²) in [5.41, 5.74) is 14.9. The lowest BCUT2D eigenvalue weighted by Gasteiger charge is -2.27. The van der Waals surface area contributed by atoms with E-state index in [1.807, 2.05) is 12.1 Å². The van der Waals surface area contributed by atoms with E-state index in [9.17, 15) is 0 Å². The molecule has 0 aliphatic carbocycles. The number of fused-ring (bicyclic) bond motifs is 5. The van der Waals surface area contributed by atoms with Crippen molar-refractivity contribution in [2.24, 2.45) is 0 Å². The molecule has 0 aromatic heterocycles. The third-order valence-corrected chi connectivity index (χ3v) is 9.50. The van der Waals surface area contributed by atoms with E-state index in [1.165, 1.54) is 33.4 Å². The number of nitrogens with zero attached hydrogens (tertiary/aromatic N) is 1. The summed E-state index contributed by atoms with van der Waals surface area (Å²) in [4.78, 5) is 2.35. The van der Waals surface area contributed by atoms with Crippen LogP contribution in [0.2, 0.25) is 0 Å². The van der Waals surface area contributed by atoms with Crippen LogP contribution in [0.3, 0.4) is 0 Å². The molecule has 1 heterocycles. The lowest BCUT2D eigenvalue weighted by Crippen LogP contribution is -2.10. The van der Waals surface area contributed by atoms with Crippen molar-refractivity contribution in [1.29, 1.82) is 0 Å². The van der Waals surface area contributed by atoms with E-state index in [-0.39, 0.29) is 0 Å².